The number of hydrogen-bond donors (Lipinski definition) is 2. The Morgan fingerprint density at radius 2 is 1.70 bits per heavy atom. The van der Waals surface area contributed by atoms with Crippen LogP contribution in [0.5, 0.6) is 5.75 Å². The summed E-state index contributed by atoms with van der Waals surface area (Å²) in [5, 5.41) is 12.4. The SMILES string of the molecule is COc1cc(C(F)(F)F)cc(C(F)(F)F)c1[C@@H](CCO)N1CCNCC1.Cl. The number of aliphatic hydroxyl groups is 1. The molecule has 156 valence electrons. The summed E-state index contributed by atoms with van der Waals surface area (Å²) in [6.45, 7) is 1.48. The number of alkyl halides is 6. The third kappa shape index (κ3) is 5.63. The fraction of sp³-hybridized carbons (Fsp3) is 0.625. The normalized spacial score (nSPS) is 17.3. The third-order valence-corrected chi connectivity index (χ3v) is 4.32. The Morgan fingerprint density at radius 1 is 1.11 bits per heavy atom. The number of methoxy groups -OCH3 is 1. The average molecular weight is 423 g/mol. The van der Waals surface area contributed by atoms with Gasteiger partial charge in [-0.05, 0) is 18.6 Å². The van der Waals surface area contributed by atoms with E-state index in [0.717, 1.165) is 7.11 Å². The molecule has 0 amide bonds. The Labute approximate surface area is 158 Å². The van der Waals surface area contributed by atoms with Gasteiger partial charge in [0.2, 0.25) is 0 Å². The average Bonchev–Trinajstić information content (AvgIpc) is 2.57. The molecule has 11 heteroatoms. The molecule has 0 aliphatic carbocycles. The zero-order valence-electron chi connectivity index (χ0n) is 14.5. The number of rotatable bonds is 5. The molecule has 1 heterocycles. The standard InChI is InChI=1S/C16H20F6N2O2.ClH/c1-26-13-9-10(15(17,18)19)8-11(16(20,21)22)14(13)12(2-7-25)24-5-3-23-4-6-24;/h8-9,12,23,25H,2-7H2,1H3;1H/t12-;/m1./s1. The molecule has 1 aromatic rings. The molecule has 1 saturated heterocycles. The minimum absolute atomic E-state index is 0. The van der Waals surface area contributed by atoms with Crippen molar-refractivity contribution in [1.82, 2.24) is 10.2 Å². The summed E-state index contributed by atoms with van der Waals surface area (Å²) < 4.78 is 84.7. The molecule has 1 atom stereocenters. The van der Waals surface area contributed by atoms with Crippen LogP contribution in [0.4, 0.5) is 26.3 Å². The van der Waals surface area contributed by atoms with E-state index in [2.05, 4.69) is 5.32 Å². The molecule has 0 spiro atoms. The van der Waals surface area contributed by atoms with E-state index in [1.165, 1.54) is 0 Å². The van der Waals surface area contributed by atoms with Crippen LogP contribution in [0, 0.1) is 0 Å². The van der Waals surface area contributed by atoms with Crippen molar-refractivity contribution in [2.75, 3.05) is 39.9 Å². The predicted molar refractivity (Wildman–Crippen MR) is 89.1 cm³/mol. The zero-order valence-corrected chi connectivity index (χ0v) is 15.3. The molecule has 1 aliphatic rings. The lowest BCUT2D eigenvalue weighted by Crippen LogP contribution is -2.45. The highest BCUT2D eigenvalue weighted by molar-refractivity contribution is 5.85. The molecule has 2 N–H and O–H groups in total. The molecule has 0 radical (unpaired) electrons. The van der Waals surface area contributed by atoms with Crippen molar-refractivity contribution >= 4 is 12.4 Å². The molecule has 4 nitrogen and oxygen atoms in total. The van der Waals surface area contributed by atoms with Crippen LogP contribution in [0.25, 0.3) is 0 Å². The molecule has 0 saturated carbocycles. The number of ether oxygens (including phenoxy) is 1. The maximum atomic E-state index is 13.6. The van der Waals surface area contributed by atoms with Crippen molar-refractivity contribution in [3.05, 3.63) is 28.8 Å². The molecule has 27 heavy (non-hydrogen) atoms. The Kier molecular flexibility index (Phi) is 8.21. The van der Waals surface area contributed by atoms with Gasteiger partial charge in [0.25, 0.3) is 0 Å². The second-order valence-corrected chi connectivity index (χ2v) is 5.95. The second kappa shape index (κ2) is 9.31. The molecule has 0 aromatic heterocycles. The maximum absolute atomic E-state index is 13.6. The topological polar surface area (TPSA) is 44.7 Å². The van der Waals surface area contributed by atoms with Crippen LogP contribution in [-0.4, -0.2) is 49.9 Å². The minimum Gasteiger partial charge on any atom is -0.496 e. The maximum Gasteiger partial charge on any atom is 0.416 e. The van der Waals surface area contributed by atoms with Crippen LogP contribution in [0.1, 0.15) is 29.2 Å². The van der Waals surface area contributed by atoms with E-state index in [1.807, 2.05) is 0 Å². The first-order valence-corrected chi connectivity index (χ1v) is 8.01. The Balaban J connectivity index is 0.00000364. The van der Waals surface area contributed by atoms with E-state index in [1.54, 1.807) is 4.90 Å². The van der Waals surface area contributed by atoms with E-state index in [9.17, 15) is 31.4 Å². The van der Waals surface area contributed by atoms with Gasteiger partial charge >= 0.3 is 12.4 Å². The van der Waals surface area contributed by atoms with Gasteiger partial charge in [-0.25, -0.2) is 0 Å². The van der Waals surface area contributed by atoms with Crippen molar-refractivity contribution in [3.63, 3.8) is 0 Å². The second-order valence-electron chi connectivity index (χ2n) is 5.95. The van der Waals surface area contributed by atoms with Crippen LogP contribution in [-0.2, 0) is 12.4 Å². The summed E-state index contributed by atoms with van der Waals surface area (Å²) in [7, 11) is 1.03. The fourth-order valence-electron chi connectivity index (χ4n) is 3.16. The van der Waals surface area contributed by atoms with Gasteiger partial charge in [-0.3, -0.25) is 4.90 Å². The third-order valence-electron chi connectivity index (χ3n) is 4.32. The van der Waals surface area contributed by atoms with E-state index >= 15 is 0 Å². The quantitative estimate of drug-likeness (QED) is 0.713. The molecule has 0 bridgehead atoms. The van der Waals surface area contributed by atoms with Crippen molar-refractivity contribution in [2.24, 2.45) is 0 Å². The molecule has 2 rings (SSSR count). The number of halogens is 7. The lowest BCUT2D eigenvalue weighted by molar-refractivity contribution is -0.144. The first-order valence-electron chi connectivity index (χ1n) is 8.01. The van der Waals surface area contributed by atoms with Crippen LogP contribution in [0.15, 0.2) is 12.1 Å². The first kappa shape index (κ1) is 23.8. The van der Waals surface area contributed by atoms with Crippen LogP contribution in [0.3, 0.4) is 0 Å². The number of benzene rings is 1. The van der Waals surface area contributed by atoms with Gasteiger partial charge in [-0.1, -0.05) is 0 Å². The van der Waals surface area contributed by atoms with Crippen LogP contribution in [0.2, 0.25) is 0 Å². The van der Waals surface area contributed by atoms with E-state index < -0.39 is 41.9 Å². The number of aliphatic hydroxyl groups excluding tert-OH is 1. The lowest BCUT2D eigenvalue weighted by Gasteiger charge is -2.37. The monoisotopic (exact) mass is 422 g/mol. The molecule has 1 fully saturated rings. The van der Waals surface area contributed by atoms with Gasteiger partial charge in [0, 0.05) is 44.4 Å². The van der Waals surface area contributed by atoms with Crippen LogP contribution < -0.4 is 10.1 Å². The first-order chi connectivity index (χ1) is 12.1. The Bertz CT molecular complexity index is 618. The van der Waals surface area contributed by atoms with Gasteiger partial charge in [0.15, 0.2) is 0 Å². The van der Waals surface area contributed by atoms with Crippen molar-refractivity contribution in [3.8, 4) is 5.75 Å². The highest BCUT2D eigenvalue weighted by atomic mass is 35.5. The minimum atomic E-state index is -4.99. The van der Waals surface area contributed by atoms with Crippen LogP contribution >= 0.6 is 12.4 Å². The smallest absolute Gasteiger partial charge is 0.416 e. The van der Waals surface area contributed by atoms with Crippen molar-refractivity contribution in [1.29, 1.82) is 0 Å². The summed E-state index contributed by atoms with van der Waals surface area (Å²) in [6, 6.07) is -0.211. The highest BCUT2D eigenvalue weighted by Gasteiger charge is 2.42. The molecule has 1 aliphatic heterocycles. The van der Waals surface area contributed by atoms with E-state index in [0.29, 0.717) is 32.2 Å². The zero-order chi connectivity index (χ0) is 19.5. The molecule has 1 aromatic carbocycles. The number of hydrogen-bond acceptors (Lipinski definition) is 4. The molecule has 0 unspecified atom stereocenters. The van der Waals surface area contributed by atoms with Crippen molar-refractivity contribution in [2.45, 2.75) is 24.8 Å². The number of piperazine rings is 1. The summed E-state index contributed by atoms with van der Waals surface area (Å²) in [4.78, 5) is 1.72. The lowest BCUT2D eigenvalue weighted by atomic mass is 9.92. The summed E-state index contributed by atoms with van der Waals surface area (Å²) in [6.07, 6.45) is -9.98. The van der Waals surface area contributed by atoms with Gasteiger partial charge in [-0.15, -0.1) is 12.4 Å². The van der Waals surface area contributed by atoms with E-state index in [4.69, 9.17) is 4.74 Å². The number of nitrogens with one attached hydrogen (secondary N) is 1. The van der Waals surface area contributed by atoms with Gasteiger partial charge < -0.3 is 15.2 Å². The fourth-order valence-corrected chi connectivity index (χ4v) is 3.16. The molecular weight excluding hydrogens is 402 g/mol. The van der Waals surface area contributed by atoms with E-state index in [-0.39, 0.29) is 30.5 Å². The van der Waals surface area contributed by atoms with Gasteiger partial charge in [0.1, 0.15) is 5.75 Å². The Hall–Kier alpha value is -1.23. The predicted octanol–water partition coefficient (Wildman–Crippen LogP) is 3.48. The Morgan fingerprint density at radius 3 is 2.15 bits per heavy atom. The summed E-state index contributed by atoms with van der Waals surface area (Å²) in [5.41, 5.74) is -3.18. The molecular formula is C16H21ClF6N2O2. The number of nitrogens with zero attached hydrogens (tertiary/aromatic N) is 1. The largest absolute Gasteiger partial charge is 0.496 e. The van der Waals surface area contributed by atoms with Gasteiger partial charge in [-0.2, -0.15) is 26.3 Å². The van der Waals surface area contributed by atoms with Crippen molar-refractivity contribution < 1.29 is 36.2 Å². The van der Waals surface area contributed by atoms with Gasteiger partial charge in [0.05, 0.1) is 18.2 Å². The summed E-state index contributed by atoms with van der Waals surface area (Å²) >= 11 is 0. The summed E-state index contributed by atoms with van der Waals surface area (Å²) in [5.74, 6) is -0.482. The highest BCUT2D eigenvalue weighted by Crippen LogP contribution is 2.45.